The average Bonchev–Trinajstić information content (AvgIpc) is 3.22. The molecule has 1 aliphatic rings. The van der Waals surface area contributed by atoms with Crippen molar-refractivity contribution in [2.75, 3.05) is 12.9 Å². The van der Waals surface area contributed by atoms with Crippen molar-refractivity contribution in [3.8, 4) is 11.1 Å². The van der Waals surface area contributed by atoms with Gasteiger partial charge in [-0.25, -0.2) is 8.42 Å². The van der Waals surface area contributed by atoms with Gasteiger partial charge in [-0.1, -0.05) is 18.6 Å². The Labute approximate surface area is 180 Å². The summed E-state index contributed by atoms with van der Waals surface area (Å²) in [4.78, 5) is 15.4. The summed E-state index contributed by atoms with van der Waals surface area (Å²) in [5.74, 6) is 0. The molecule has 1 N–H and O–H groups in total. The molecule has 0 radical (unpaired) electrons. The van der Waals surface area contributed by atoms with E-state index in [1.807, 2.05) is 6.20 Å². The predicted molar refractivity (Wildman–Crippen MR) is 112 cm³/mol. The number of hydroxylamine groups is 1. The quantitative estimate of drug-likeness (QED) is 0.204. The van der Waals surface area contributed by atoms with Gasteiger partial charge in [0.25, 0.3) is 5.09 Å². The van der Waals surface area contributed by atoms with E-state index in [2.05, 4.69) is 9.94 Å². The Hall–Kier alpha value is -2.95. The lowest BCUT2D eigenvalue weighted by atomic mass is 9.95. The van der Waals surface area contributed by atoms with Crippen molar-refractivity contribution in [1.82, 2.24) is 9.78 Å². The molecule has 0 aliphatic heterocycles. The van der Waals surface area contributed by atoms with Crippen LogP contribution in [0.15, 0.2) is 41.6 Å². The van der Waals surface area contributed by atoms with Gasteiger partial charge in [-0.2, -0.15) is 5.10 Å². The van der Waals surface area contributed by atoms with E-state index < -0.39 is 14.9 Å². The van der Waals surface area contributed by atoms with Crippen molar-refractivity contribution in [3.63, 3.8) is 0 Å². The first-order valence-electron chi connectivity index (χ1n) is 10.2. The second-order valence-electron chi connectivity index (χ2n) is 7.74. The molecule has 11 heteroatoms. The molecule has 1 fully saturated rings. The van der Waals surface area contributed by atoms with Crippen LogP contribution >= 0.6 is 0 Å². The number of hydrogen-bond donors (Lipinski definition) is 1. The molecular weight excluding hydrogens is 424 g/mol. The first-order chi connectivity index (χ1) is 14.7. The minimum Gasteiger partial charge on any atom is -0.303 e. The molecule has 168 valence electrons. The van der Waals surface area contributed by atoms with Crippen molar-refractivity contribution in [1.29, 1.82) is 0 Å². The molecule has 3 rings (SSSR count). The minimum atomic E-state index is -3.26. The Morgan fingerprint density at radius 3 is 2.52 bits per heavy atom. The normalized spacial score (nSPS) is 16.0. The SMILES string of the molecule is CS(=O)(=O)c1ccc(-c2cnn(CCC(CO[N+](=O)[O-])=[N+](O)C3CCCCC3)c2)cc1. The average molecular weight is 452 g/mol. The van der Waals surface area contributed by atoms with Crippen LogP contribution < -0.4 is 0 Å². The Balaban J connectivity index is 1.70. The highest BCUT2D eigenvalue weighted by Crippen LogP contribution is 2.22. The first kappa shape index (κ1) is 22.7. The molecule has 0 amide bonds. The second-order valence-corrected chi connectivity index (χ2v) is 9.75. The Bertz CT molecular complexity index is 1040. The highest BCUT2D eigenvalue weighted by atomic mass is 32.2. The minimum absolute atomic E-state index is 0.0550. The van der Waals surface area contributed by atoms with Crippen LogP contribution in [0.4, 0.5) is 0 Å². The number of hydrogen-bond acceptors (Lipinski definition) is 7. The maximum Gasteiger partial charge on any atom is 0.295 e. The van der Waals surface area contributed by atoms with Gasteiger partial charge in [-0.15, -0.1) is 10.1 Å². The molecule has 0 spiro atoms. The third-order valence-corrected chi connectivity index (χ3v) is 6.59. The van der Waals surface area contributed by atoms with Crippen LogP contribution in [0.3, 0.4) is 0 Å². The zero-order chi connectivity index (χ0) is 22.4. The van der Waals surface area contributed by atoms with Crippen LogP contribution in [0.2, 0.25) is 0 Å². The smallest absolute Gasteiger partial charge is 0.295 e. The summed E-state index contributed by atoms with van der Waals surface area (Å²) in [5.41, 5.74) is 2.08. The number of nitrogens with zero attached hydrogens (tertiary/aromatic N) is 4. The summed E-state index contributed by atoms with van der Waals surface area (Å²) in [6.07, 6.45) is 9.83. The van der Waals surface area contributed by atoms with E-state index in [9.17, 15) is 23.7 Å². The van der Waals surface area contributed by atoms with Crippen LogP contribution in [0.5, 0.6) is 0 Å². The lowest BCUT2D eigenvalue weighted by Gasteiger charge is -2.17. The van der Waals surface area contributed by atoms with Crippen molar-refractivity contribution >= 4 is 15.5 Å². The van der Waals surface area contributed by atoms with Crippen LogP contribution in [0, 0.1) is 10.1 Å². The zero-order valence-electron chi connectivity index (χ0n) is 17.4. The third kappa shape index (κ3) is 6.27. The van der Waals surface area contributed by atoms with Crippen molar-refractivity contribution in [3.05, 3.63) is 46.8 Å². The molecule has 1 aromatic heterocycles. The summed E-state index contributed by atoms with van der Waals surface area (Å²) < 4.78 is 26.0. The molecule has 1 heterocycles. The molecule has 1 aromatic carbocycles. The molecule has 0 unspecified atom stereocenters. The Morgan fingerprint density at radius 1 is 1.23 bits per heavy atom. The van der Waals surface area contributed by atoms with Gasteiger partial charge in [0, 0.05) is 30.9 Å². The van der Waals surface area contributed by atoms with E-state index in [1.54, 1.807) is 35.1 Å². The molecule has 1 aliphatic carbocycles. The number of sulfone groups is 1. The lowest BCUT2D eigenvalue weighted by Crippen LogP contribution is -2.34. The van der Waals surface area contributed by atoms with E-state index in [0.717, 1.165) is 54.2 Å². The van der Waals surface area contributed by atoms with Gasteiger partial charge in [0.05, 0.1) is 24.1 Å². The van der Waals surface area contributed by atoms with Gasteiger partial charge in [0.2, 0.25) is 11.8 Å². The molecule has 1 saturated carbocycles. The Kier molecular flexibility index (Phi) is 7.26. The lowest BCUT2D eigenvalue weighted by molar-refractivity contribution is -0.806. The number of aryl methyl sites for hydroxylation is 1. The van der Waals surface area contributed by atoms with Crippen LogP contribution in [-0.4, -0.2) is 57.8 Å². The highest BCUT2D eigenvalue weighted by Gasteiger charge is 2.28. The van der Waals surface area contributed by atoms with Crippen molar-refractivity contribution < 1.29 is 28.3 Å². The largest absolute Gasteiger partial charge is 0.303 e. The van der Waals surface area contributed by atoms with E-state index in [4.69, 9.17) is 0 Å². The number of rotatable bonds is 9. The molecule has 0 bridgehead atoms. The standard InChI is InChI=1S/C20H27N4O6S/c1-31(28,29)20-9-7-16(8-10-20)17-13-21-22(14-17)12-11-19(15-30-24(26)27)23(25)18-5-3-2-4-6-18/h7-10,13-14,18,25H,2-6,11-12,15H2,1H3/q+1. The maximum absolute atomic E-state index is 11.6. The third-order valence-electron chi connectivity index (χ3n) is 5.46. The summed E-state index contributed by atoms with van der Waals surface area (Å²) in [7, 11) is -3.26. The fourth-order valence-corrected chi connectivity index (χ4v) is 4.37. The zero-order valence-corrected chi connectivity index (χ0v) is 18.2. The molecule has 2 aromatic rings. The summed E-state index contributed by atoms with van der Waals surface area (Å²) in [6.45, 7) is 0.114. The van der Waals surface area contributed by atoms with Gasteiger partial charge >= 0.3 is 0 Å². The maximum atomic E-state index is 11.6. The fourth-order valence-electron chi connectivity index (χ4n) is 3.74. The van der Waals surface area contributed by atoms with Crippen LogP contribution in [0.1, 0.15) is 38.5 Å². The van der Waals surface area contributed by atoms with Crippen molar-refractivity contribution in [2.24, 2.45) is 0 Å². The first-order valence-corrected chi connectivity index (χ1v) is 12.1. The molecular formula is C20H27N4O6S+. The number of benzene rings is 1. The van der Waals surface area contributed by atoms with Crippen LogP contribution in [0.25, 0.3) is 11.1 Å². The van der Waals surface area contributed by atoms with Crippen LogP contribution in [-0.2, 0) is 21.2 Å². The topological polar surface area (TPSA) is 128 Å². The monoisotopic (exact) mass is 451 g/mol. The van der Waals surface area contributed by atoms with Gasteiger partial charge in [0.1, 0.15) is 0 Å². The van der Waals surface area contributed by atoms with Gasteiger partial charge in [0.15, 0.2) is 16.4 Å². The Morgan fingerprint density at radius 2 is 1.90 bits per heavy atom. The second kappa shape index (κ2) is 9.90. The number of aromatic nitrogens is 2. The van der Waals surface area contributed by atoms with E-state index in [1.165, 1.54) is 0 Å². The van der Waals surface area contributed by atoms with E-state index >= 15 is 0 Å². The molecule has 10 nitrogen and oxygen atoms in total. The van der Waals surface area contributed by atoms with E-state index in [-0.39, 0.29) is 17.5 Å². The van der Waals surface area contributed by atoms with E-state index in [0.29, 0.717) is 18.7 Å². The summed E-state index contributed by atoms with van der Waals surface area (Å²) in [5, 5.41) is 24.7. The predicted octanol–water partition coefficient (Wildman–Crippen LogP) is 2.73. The molecule has 0 saturated heterocycles. The van der Waals surface area contributed by atoms with Gasteiger partial charge < -0.3 is 4.84 Å². The van der Waals surface area contributed by atoms with Crippen molar-refractivity contribution in [2.45, 2.75) is 56.0 Å². The van der Waals surface area contributed by atoms with Gasteiger partial charge in [-0.05, 0) is 35.3 Å². The molecule has 31 heavy (non-hydrogen) atoms. The highest BCUT2D eigenvalue weighted by molar-refractivity contribution is 7.90. The summed E-state index contributed by atoms with van der Waals surface area (Å²) in [6, 6.07) is 6.49. The summed E-state index contributed by atoms with van der Waals surface area (Å²) >= 11 is 0. The fraction of sp³-hybridized carbons (Fsp3) is 0.500. The van der Waals surface area contributed by atoms with Gasteiger partial charge in [-0.3, -0.25) is 9.89 Å². The molecule has 0 atom stereocenters.